The summed E-state index contributed by atoms with van der Waals surface area (Å²) in [7, 11) is -4.19. The fraction of sp³-hybridized carbons (Fsp3) is 0.125. The molecule has 4 aromatic rings. The molecule has 6 nitrogen and oxygen atoms in total. The Bertz CT molecular complexity index is 1510. The van der Waals surface area contributed by atoms with Crippen molar-refractivity contribution in [3.8, 4) is 16.9 Å². The second-order valence-electron chi connectivity index (χ2n) is 7.61. The van der Waals surface area contributed by atoms with Gasteiger partial charge in [-0.25, -0.2) is 16.8 Å². The van der Waals surface area contributed by atoms with Gasteiger partial charge in [0.25, 0.3) is 10.0 Å². The number of rotatable bonds is 7. The zero-order chi connectivity index (χ0) is 25.4. The molecule has 0 bridgehead atoms. The minimum Gasteiger partial charge on any atom is -0.481 e. The van der Waals surface area contributed by atoms with Crippen LogP contribution in [0.3, 0.4) is 0 Å². The molecular formula is C24H17F4NO5S. The molecule has 0 saturated carbocycles. The third kappa shape index (κ3) is 5.29. The van der Waals surface area contributed by atoms with Crippen LogP contribution >= 0.6 is 0 Å². The average Bonchev–Trinajstić information content (AvgIpc) is 3.15. The van der Waals surface area contributed by atoms with Crippen molar-refractivity contribution in [3.05, 3.63) is 84.3 Å². The van der Waals surface area contributed by atoms with Gasteiger partial charge in [-0.2, -0.15) is 0 Å². The molecule has 4 rings (SSSR count). The number of halogens is 4. The first-order valence-corrected chi connectivity index (χ1v) is 11.6. The average molecular weight is 507 g/mol. The lowest BCUT2D eigenvalue weighted by Crippen LogP contribution is -2.16. The molecule has 0 radical (unpaired) electrons. The SMILES string of the molecule is O=C(O)CCc1cn(S(=O)(=O)c2cccc(-c3ccc(OC(F)(F)F)cc3)c2)c2ccc(F)cc12. The number of carboxylic acids is 1. The minimum atomic E-state index is -4.83. The normalized spacial score (nSPS) is 12.1. The van der Waals surface area contributed by atoms with Crippen molar-refractivity contribution < 1.29 is 40.6 Å². The summed E-state index contributed by atoms with van der Waals surface area (Å²) in [4.78, 5) is 10.9. The van der Waals surface area contributed by atoms with Gasteiger partial charge in [-0.1, -0.05) is 24.3 Å². The Hall–Kier alpha value is -3.86. The first-order valence-electron chi connectivity index (χ1n) is 10.2. The van der Waals surface area contributed by atoms with Crippen molar-refractivity contribution in [2.24, 2.45) is 0 Å². The summed E-state index contributed by atoms with van der Waals surface area (Å²) in [5, 5.41) is 9.28. The van der Waals surface area contributed by atoms with Crippen molar-refractivity contribution in [1.29, 1.82) is 0 Å². The maximum atomic E-state index is 13.9. The van der Waals surface area contributed by atoms with Crippen LogP contribution in [0.1, 0.15) is 12.0 Å². The lowest BCUT2D eigenvalue weighted by molar-refractivity contribution is -0.274. The summed E-state index contributed by atoms with van der Waals surface area (Å²) < 4.78 is 82.8. The minimum absolute atomic E-state index is 0.00416. The van der Waals surface area contributed by atoms with E-state index in [0.29, 0.717) is 16.7 Å². The molecule has 0 saturated heterocycles. The Morgan fingerprint density at radius 3 is 2.34 bits per heavy atom. The zero-order valence-corrected chi connectivity index (χ0v) is 18.6. The van der Waals surface area contributed by atoms with E-state index in [2.05, 4.69) is 4.74 Å². The van der Waals surface area contributed by atoms with Crippen LogP contribution in [0.25, 0.3) is 22.0 Å². The summed E-state index contributed by atoms with van der Waals surface area (Å²) in [5.41, 5.74) is 1.43. The number of nitrogens with zero attached hydrogens (tertiary/aromatic N) is 1. The molecule has 0 unspecified atom stereocenters. The van der Waals surface area contributed by atoms with E-state index >= 15 is 0 Å². The maximum absolute atomic E-state index is 13.9. The van der Waals surface area contributed by atoms with E-state index in [1.165, 1.54) is 42.6 Å². The quantitative estimate of drug-likeness (QED) is 0.329. The smallest absolute Gasteiger partial charge is 0.481 e. The second-order valence-corrected chi connectivity index (χ2v) is 9.43. The van der Waals surface area contributed by atoms with Crippen LogP contribution in [0.4, 0.5) is 17.6 Å². The highest BCUT2D eigenvalue weighted by Crippen LogP contribution is 2.31. The number of alkyl halides is 3. The standard InChI is InChI=1S/C24H17F4NO5S/c25-18-7-10-22-21(13-18)17(6-11-23(30)31)14-29(22)35(32,33)20-3-1-2-16(12-20)15-4-8-19(9-5-15)34-24(26,27)28/h1-5,7-10,12-14H,6,11H2,(H,30,31). The van der Waals surface area contributed by atoms with Gasteiger partial charge in [0, 0.05) is 18.0 Å². The van der Waals surface area contributed by atoms with Crippen LogP contribution < -0.4 is 4.74 Å². The van der Waals surface area contributed by atoms with E-state index in [-0.39, 0.29) is 28.6 Å². The third-order valence-corrected chi connectivity index (χ3v) is 6.91. The van der Waals surface area contributed by atoms with Gasteiger partial charge in [-0.05, 0) is 65.6 Å². The molecule has 0 fully saturated rings. The molecule has 1 aromatic heterocycles. The number of hydrogen-bond acceptors (Lipinski definition) is 4. The van der Waals surface area contributed by atoms with Gasteiger partial charge in [0.2, 0.25) is 0 Å². The predicted octanol–water partition coefficient (Wildman–Crippen LogP) is 5.60. The Morgan fingerprint density at radius 2 is 1.69 bits per heavy atom. The maximum Gasteiger partial charge on any atom is 0.573 e. The van der Waals surface area contributed by atoms with Crippen LogP contribution in [-0.2, 0) is 21.2 Å². The van der Waals surface area contributed by atoms with Crippen molar-refractivity contribution in [3.63, 3.8) is 0 Å². The van der Waals surface area contributed by atoms with Crippen LogP contribution in [-0.4, -0.2) is 29.8 Å². The highest BCUT2D eigenvalue weighted by atomic mass is 32.2. The number of aromatic nitrogens is 1. The van der Waals surface area contributed by atoms with Gasteiger partial charge in [0.05, 0.1) is 10.4 Å². The molecule has 0 amide bonds. The molecule has 35 heavy (non-hydrogen) atoms. The predicted molar refractivity (Wildman–Crippen MR) is 119 cm³/mol. The molecule has 0 aliphatic heterocycles. The van der Waals surface area contributed by atoms with Gasteiger partial charge < -0.3 is 9.84 Å². The summed E-state index contributed by atoms with van der Waals surface area (Å²) in [6.45, 7) is 0. The van der Waals surface area contributed by atoms with E-state index in [4.69, 9.17) is 5.11 Å². The van der Waals surface area contributed by atoms with Gasteiger partial charge in [0.1, 0.15) is 11.6 Å². The van der Waals surface area contributed by atoms with Crippen molar-refractivity contribution in [1.82, 2.24) is 3.97 Å². The summed E-state index contributed by atoms with van der Waals surface area (Å²) in [6.07, 6.45) is -3.82. The van der Waals surface area contributed by atoms with Crippen LogP contribution in [0.2, 0.25) is 0 Å². The second kappa shape index (κ2) is 9.06. The number of hydrogen-bond donors (Lipinski definition) is 1. The van der Waals surface area contributed by atoms with Crippen molar-refractivity contribution >= 4 is 26.9 Å². The van der Waals surface area contributed by atoms with Crippen LogP contribution in [0, 0.1) is 5.82 Å². The number of benzene rings is 3. The van der Waals surface area contributed by atoms with Gasteiger partial charge in [-0.3, -0.25) is 4.79 Å². The number of carbonyl (C=O) groups is 1. The number of aliphatic carboxylic acids is 1. The third-order valence-electron chi connectivity index (χ3n) is 5.24. The first-order chi connectivity index (χ1) is 16.4. The molecule has 0 atom stereocenters. The molecule has 182 valence electrons. The van der Waals surface area contributed by atoms with E-state index in [0.717, 1.165) is 28.2 Å². The fourth-order valence-electron chi connectivity index (χ4n) is 3.68. The molecule has 1 N–H and O–H groups in total. The van der Waals surface area contributed by atoms with Crippen molar-refractivity contribution in [2.45, 2.75) is 24.1 Å². The largest absolute Gasteiger partial charge is 0.573 e. The van der Waals surface area contributed by atoms with E-state index in [9.17, 15) is 30.8 Å². The highest BCUT2D eigenvalue weighted by molar-refractivity contribution is 7.90. The molecule has 3 aromatic carbocycles. The summed E-state index contributed by atoms with van der Waals surface area (Å²) in [5.74, 6) is -2.08. The van der Waals surface area contributed by atoms with Crippen molar-refractivity contribution in [2.75, 3.05) is 0 Å². The van der Waals surface area contributed by atoms with Gasteiger partial charge in [-0.15, -0.1) is 13.2 Å². The van der Waals surface area contributed by atoms with E-state index in [1.807, 2.05) is 0 Å². The lowest BCUT2D eigenvalue weighted by Gasteiger charge is -2.11. The van der Waals surface area contributed by atoms with Crippen LogP contribution in [0.5, 0.6) is 5.75 Å². The number of ether oxygens (including phenoxy) is 1. The molecule has 1 heterocycles. The Kier molecular flexibility index (Phi) is 6.28. The zero-order valence-electron chi connectivity index (χ0n) is 17.8. The van der Waals surface area contributed by atoms with Gasteiger partial charge in [0.15, 0.2) is 0 Å². The highest BCUT2D eigenvalue weighted by Gasteiger charge is 2.31. The molecular weight excluding hydrogens is 490 g/mol. The number of aryl methyl sites for hydroxylation is 1. The summed E-state index contributed by atoms with van der Waals surface area (Å²) >= 11 is 0. The molecule has 0 aliphatic carbocycles. The first kappa shape index (κ1) is 24.3. The van der Waals surface area contributed by atoms with Gasteiger partial charge >= 0.3 is 12.3 Å². The lowest BCUT2D eigenvalue weighted by atomic mass is 10.1. The van der Waals surface area contributed by atoms with E-state index in [1.54, 1.807) is 6.07 Å². The Morgan fingerprint density at radius 1 is 0.971 bits per heavy atom. The summed E-state index contributed by atoms with van der Waals surface area (Å²) in [6, 6.07) is 14.3. The molecule has 0 spiro atoms. The number of fused-ring (bicyclic) bond motifs is 1. The molecule has 11 heteroatoms. The fourth-order valence-corrected chi connectivity index (χ4v) is 5.11. The topological polar surface area (TPSA) is 85.6 Å². The Balaban J connectivity index is 1.73. The Labute approximate surface area is 197 Å². The molecule has 0 aliphatic rings. The van der Waals surface area contributed by atoms with Crippen LogP contribution in [0.15, 0.2) is 77.8 Å². The number of carboxylic acid groups (broad SMARTS) is 1. The van der Waals surface area contributed by atoms with E-state index < -0.39 is 33.9 Å². The monoisotopic (exact) mass is 507 g/mol.